The normalized spacial score (nSPS) is 12.4. The number of rotatable bonds is 1. The molecule has 0 spiro atoms. The Kier molecular flexibility index (Phi) is 3.65. The largest absolute Gasteiger partial charge is 0.369 e. The molecule has 1 aromatic rings. The molecule has 0 unspecified atom stereocenters. The number of aromatic nitrogens is 2. The molecule has 6 heteroatoms. The molecule has 0 saturated heterocycles. The highest BCUT2D eigenvalue weighted by molar-refractivity contribution is 5.97. The fourth-order valence-corrected chi connectivity index (χ4v) is 1.98. The molecule has 0 amide bonds. The van der Waals surface area contributed by atoms with Gasteiger partial charge in [-0.3, -0.25) is 4.68 Å². The highest BCUT2D eigenvalue weighted by atomic mass is 15.4. The van der Waals surface area contributed by atoms with E-state index in [1.54, 1.807) is 10.9 Å². The van der Waals surface area contributed by atoms with Crippen molar-refractivity contribution in [3.63, 3.8) is 0 Å². The third-order valence-corrected chi connectivity index (χ3v) is 2.76. The number of anilines is 1. The monoisotopic (exact) mass is 248 g/mol. The summed E-state index contributed by atoms with van der Waals surface area (Å²) in [6.45, 7) is 9.92. The van der Waals surface area contributed by atoms with E-state index >= 15 is 0 Å². The molecule has 0 aliphatic heterocycles. The number of nitrogens with zero attached hydrogens (tertiary/aromatic N) is 5. The minimum Gasteiger partial charge on any atom is -0.369 e. The van der Waals surface area contributed by atoms with Crippen LogP contribution in [0.2, 0.25) is 0 Å². The van der Waals surface area contributed by atoms with Crippen molar-refractivity contribution >= 4 is 11.6 Å². The van der Waals surface area contributed by atoms with Crippen molar-refractivity contribution in [3.05, 3.63) is 11.4 Å². The minimum absolute atomic E-state index is 0.184. The second kappa shape index (κ2) is 4.69. The van der Waals surface area contributed by atoms with E-state index in [-0.39, 0.29) is 11.5 Å². The van der Waals surface area contributed by atoms with E-state index in [4.69, 9.17) is 11.0 Å². The van der Waals surface area contributed by atoms with Crippen molar-refractivity contribution < 1.29 is 0 Å². The van der Waals surface area contributed by atoms with Crippen molar-refractivity contribution in [1.29, 1.82) is 5.26 Å². The van der Waals surface area contributed by atoms with Gasteiger partial charge in [-0.1, -0.05) is 0 Å². The van der Waals surface area contributed by atoms with Gasteiger partial charge in [-0.15, -0.1) is 4.99 Å². The summed E-state index contributed by atoms with van der Waals surface area (Å²) in [5.74, 6) is 0.184. The second-order valence-electron chi connectivity index (χ2n) is 5.22. The Hall–Kier alpha value is -2.03. The molecule has 0 fully saturated rings. The Morgan fingerprint density at radius 2 is 2.00 bits per heavy atom. The standard InChI is InChI=1S/C12H20N6/c1-8-10(9(2)17(6)16-8)18(12(3,4)5)11(14)15-7-13/h1-6H3,(H2,14,15). The number of aryl methyl sites for hydroxylation is 2. The minimum atomic E-state index is -0.289. The fraction of sp³-hybridized carbons (Fsp3) is 0.583. The first-order chi connectivity index (χ1) is 8.20. The maximum absolute atomic E-state index is 8.68. The first-order valence-corrected chi connectivity index (χ1v) is 5.72. The summed E-state index contributed by atoms with van der Waals surface area (Å²) in [6, 6.07) is 0. The average Bonchev–Trinajstić information content (AvgIpc) is 2.44. The van der Waals surface area contributed by atoms with Gasteiger partial charge in [-0.05, 0) is 34.6 Å². The first kappa shape index (κ1) is 14.0. The highest BCUT2D eigenvalue weighted by Crippen LogP contribution is 2.29. The summed E-state index contributed by atoms with van der Waals surface area (Å²) in [6.07, 6.45) is 1.73. The van der Waals surface area contributed by atoms with Crippen LogP contribution in [-0.2, 0) is 7.05 Å². The van der Waals surface area contributed by atoms with Crippen LogP contribution in [0.4, 0.5) is 5.69 Å². The highest BCUT2D eigenvalue weighted by Gasteiger charge is 2.29. The predicted molar refractivity (Wildman–Crippen MR) is 72.1 cm³/mol. The Morgan fingerprint density at radius 1 is 1.44 bits per heavy atom. The predicted octanol–water partition coefficient (Wildman–Crippen LogP) is 1.44. The van der Waals surface area contributed by atoms with Gasteiger partial charge in [0.05, 0.1) is 17.1 Å². The molecule has 1 aromatic heterocycles. The molecule has 0 radical (unpaired) electrons. The third-order valence-electron chi connectivity index (χ3n) is 2.76. The van der Waals surface area contributed by atoms with Crippen LogP contribution in [0.15, 0.2) is 4.99 Å². The van der Waals surface area contributed by atoms with Crippen LogP contribution in [-0.4, -0.2) is 21.3 Å². The van der Waals surface area contributed by atoms with E-state index in [0.717, 1.165) is 17.1 Å². The van der Waals surface area contributed by atoms with Gasteiger partial charge in [0.25, 0.3) is 0 Å². The number of hydrogen-bond acceptors (Lipinski definition) is 3. The molecule has 0 atom stereocenters. The number of guanidine groups is 1. The van der Waals surface area contributed by atoms with Gasteiger partial charge in [0.1, 0.15) is 0 Å². The van der Waals surface area contributed by atoms with Crippen molar-refractivity contribution in [3.8, 4) is 6.19 Å². The van der Waals surface area contributed by atoms with Gasteiger partial charge in [-0.2, -0.15) is 10.4 Å². The SMILES string of the molecule is Cc1nn(C)c(C)c1N(C(N)=NC#N)C(C)(C)C. The topological polar surface area (TPSA) is 83.2 Å². The van der Waals surface area contributed by atoms with Crippen LogP contribution in [0.25, 0.3) is 0 Å². The van der Waals surface area contributed by atoms with Gasteiger partial charge in [0.2, 0.25) is 12.2 Å². The van der Waals surface area contributed by atoms with Gasteiger partial charge < -0.3 is 10.6 Å². The molecule has 18 heavy (non-hydrogen) atoms. The van der Waals surface area contributed by atoms with Crippen LogP contribution in [0.3, 0.4) is 0 Å². The quantitative estimate of drug-likeness (QED) is 0.463. The van der Waals surface area contributed by atoms with Crippen molar-refractivity contribution in [1.82, 2.24) is 9.78 Å². The summed E-state index contributed by atoms with van der Waals surface area (Å²) in [4.78, 5) is 5.49. The zero-order valence-electron chi connectivity index (χ0n) is 11.8. The fourth-order valence-electron chi connectivity index (χ4n) is 1.98. The average molecular weight is 248 g/mol. The smallest absolute Gasteiger partial charge is 0.212 e. The van der Waals surface area contributed by atoms with Gasteiger partial charge in [-0.25, -0.2) is 0 Å². The molecule has 1 heterocycles. The molecule has 0 aliphatic rings. The summed E-state index contributed by atoms with van der Waals surface area (Å²) in [7, 11) is 1.88. The lowest BCUT2D eigenvalue weighted by molar-refractivity contribution is 0.567. The number of nitriles is 1. The van der Waals surface area contributed by atoms with Crippen LogP contribution < -0.4 is 10.6 Å². The third kappa shape index (κ3) is 2.45. The van der Waals surface area contributed by atoms with Crippen molar-refractivity contribution in [2.24, 2.45) is 17.8 Å². The molecule has 98 valence electrons. The molecular formula is C12H20N6. The van der Waals surface area contributed by atoms with E-state index in [0.29, 0.717) is 0 Å². The molecule has 1 rings (SSSR count). The molecule has 6 nitrogen and oxygen atoms in total. The first-order valence-electron chi connectivity index (χ1n) is 5.72. The summed E-state index contributed by atoms with van der Waals surface area (Å²) in [5.41, 5.74) is 8.37. The number of hydrogen-bond donors (Lipinski definition) is 1. The Bertz CT molecular complexity index is 512. The molecule has 2 N–H and O–H groups in total. The van der Waals surface area contributed by atoms with Crippen LogP contribution in [0, 0.1) is 25.3 Å². The van der Waals surface area contributed by atoms with Crippen LogP contribution in [0.1, 0.15) is 32.2 Å². The van der Waals surface area contributed by atoms with Crippen LogP contribution >= 0.6 is 0 Å². The zero-order chi connectivity index (χ0) is 14.1. The molecule has 0 aliphatic carbocycles. The van der Waals surface area contributed by atoms with E-state index in [2.05, 4.69) is 10.1 Å². The number of nitrogens with two attached hydrogens (primary N) is 1. The maximum Gasteiger partial charge on any atom is 0.212 e. The summed E-state index contributed by atoms with van der Waals surface area (Å²) < 4.78 is 1.79. The summed E-state index contributed by atoms with van der Waals surface area (Å²) >= 11 is 0. The lowest BCUT2D eigenvalue weighted by Gasteiger charge is -2.36. The second-order valence-corrected chi connectivity index (χ2v) is 5.22. The van der Waals surface area contributed by atoms with Crippen LogP contribution in [0.5, 0.6) is 0 Å². The lowest BCUT2D eigenvalue weighted by Crippen LogP contribution is -2.50. The molecule has 0 aromatic carbocycles. The Balaban J connectivity index is 3.46. The van der Waals surface area contributed by atoms with E-state index in [1.807, 2.05) is 46.6 Å². The van der Waals surface area contributed by atoms with E-state index in [9.17, 15) is 0 Å². The van der Waals surface area contributed by atoms with Gasteiger partial charge in [0.15, 0.2) is 0 Å². The Labute approximate surface area is 108 Å². The maximum atomic E-state index is 8.68. The summed E-state index contributed by atoms with van der Waals surface area (Å²) in [5, 5.41) is 13.0. The molecular weight excluding hydrogens is 228 g/mol. The van der Waals surface area contributed by atoms with Crippen molar-refractivity contribution in [2.45, 2.75) is 40.2 Å². The van der Waals surface area contributed by atoms with Gasteiger partial charge in [0, 0.05) is 12.6 Å². The van der Waals surface area contributed by atoms with Crippen molar-refractivity contribution in [2.75, 3.05) is 4.90 Å². The molecule has 0 saturated carbocycles. The van der Waals surface area contributed by atoms with E-state index < -0.39 is 0 Å². The zero-order valence-corrected chi connectivity index (χ0v) is 11.8. The lowest BCUT2D eigenvalue weighted by atomic mass is 10.0. The Morgan fingerprint density at radius 3 is 2.33 bits per heavy atom. The molecule has 0 bridgehead atoms. The van der Waals surface area contributed by atoms with Gasteiger partial charge >= 0.3 is 0 Å². The number of aliphatic imine (C=N–C) groups is 1. The van der Waals surface area contributed by atoms with E-state index in [1.165, 1.54) is 0 Å².